The van der Waals surface area contributed by atoms with Gasteiger partial charge >= 0.3 is 0 Å². The Bertz CT molecular complexity index is 595. The number of aliphatic hydroxyl groups excluding tert-OH is 1. The summed E-state index contributed by atoms with van der Waals surface area (Å²) < 4.78 is 7.17. The van der Waals surface area contributed by atoms with Gasteiger partial charge in [-0.3, -0.25) is 0 Å². The summed E-state index contributed by atoms with van der Waals surface area (Å²) in [6, 6.07) is 7.97. The van der Waals surface area contributed by atoms with Gasteiger partial charge in [-0.25, -0.2) is 9.67 Å². The van der Waals surface area contributed by atoms with Crippen LogP contribution in [-0.4, -0.2) is 33.6 Å². The Hall–Kier alpha value is -1.88. The summed E-state index contributed by atoms with van der Waals surface area (Å²) in [7, 11) is 1.67. The summed E-state index contributed by atoms with van der Waals surface area (Å²) in [5.74, 6) is 3.04. The number of nitrogens with zero attached hydrogens (tertiary/aromatic N) is 3. The van der Waals surface area contributed by atoms with Gasteiger partial charge < -0.3 is 9.84 Å². The van der Waals surface area contributed by atoms with Crippen LogP contribution in [0.2, 0.25) is 0 Å². The molecule has 0 radical (unpaired) electrons. The summed E-state index contributed by atoms with van der Waals surface area (Å²) in [5.41, 5.74) is 1.14. The number of hydrogen-bond acceptors (Lipinski definition) is 4. The minimum absolute atomic E-state index is 0.227. The molecule has 0 spiro atoms. The lowest BCUT2D eigenvalue weighted by atomic mass is 10.0. The molecule has 0 saturated heterocycles. The second-order valence-electron chi connectivity index (χ2n) is 5.24. The molecule has 5 heteroatoms. The molecule has 1 aromatic heterocycles. The fraction of sp³-hybridized carbons (Fsp3) is 0.467. The van der Waals surface area contributed by atoms with Crippen molar-refractivity contribution in [1.29, 1.82) is 0 Å². The first-order chi connectivity index (χ1) is 9.78. The number of aryl methyl sites for hydroxylation is 1. The largest absolute Gasteiger partial charge is 0.497 e. The van der Waals surface area contributed by atoms with Crippen LogP contribution in [0.5, 0.6) is 5.75 Å². The number of rotatable bonds is 4. The molecule has 20 heavy (non-hydrogen) atoms. The van der Waals surface area contributed by atoms with Crippen LogP contribution in [0.4, 0.5) is 0 Å². The minimum Gasteiger partial charge on any atom is -0.497 e. The number of fused-ring (bicyclic) bond motifs is 1. The predicted molar refractivity (Wildman–Crippen MR) is 74.7 cm³/mol. The molecular formula is C15H19N3O2. The van der Waals surface area contributed by atoms with Gasteiger partial charge in [0.15, 0.2) is 5.82 Å². The van der Waals surface area contributed by atoms with E-state index in [1.165, 1.54) is 0 Å². The number of methoxy groups -OCH3 is 1. The monoisotopic (exact) mass is 273 g/mol. The maximum Gasteiger partial charge on any atom is 0.155 e. The number of hydrogen-bond donors (Lipinski definition) is 1. The van der Waals surface area contributed by atoms with Crippen LogP contribution < -0.4 is 4.74 Å². The van der Waals surface area contributed by atoms with E-state index >= 15 is 0 Å². The van der Waals surface area contributed by atoms with Gasteiger partial charge in [0.25, 0.3) is 0 Å². The van der Waals surface area contributed by atoms with Crippen LogP contribution in [0.15, 0.2) is 24.3 Å². The van der Waals surface area contributed by atoms with Gasteiger partial charge in [0.2, 0.25) is 0 Å². The van der Waals surface area contributed by atoms with Crippen molar-refractivity contribution in [3.63, 3.8) is 0 Å². The van der Waals surface area contributed by atoms with Gasteiger partial charge in [-0.15, -0.1) is 0 Å². The highest BCUT2D eigenvalue weighted by Crippen LogP contribution is 2.19. The second-order valence-corrected chi connectivity index (χ2v) is 5.24. The van der Waals surface area contributed by atoms with E-state index < -0.39 is 0 Å². The van der Waals surface area contributed by atoms with Gasteiger partial charge in [-0.1, -0.05) is 12.1 Å². The fourth-order valence-electron chi connectivity index (χ4n) is 2.62. The highest BCUT2D eigenvalue weighted by Gasteiger charge is 2.20. The third-order valence-corrected chi connectivity index (χ3v) is 3.75. The highest BCUT2D eigenvalue weighted by atomic mass is 16.5. The second kappa shape index (κ2) is 5.63. The minimum atomic E-state index is 0.227. The van der Waals surface area contributed by atoms with Gasteiger partial charge in [-0.2, -0.15) is 5.10 Å². The number of aliphatic hydroxyl groups is 1. The van der Waals surface area contributed by atoms with E-state index in [0.717, 1.165) is 42.3 Å². The van der Waals surface area contributed by atoms with Crippen LogP contribution in [-0.2, 0) is 19.4 Å². The lowest BCUT2D eigenvalue weighted by Gasteiger charge is -2.19. The van der Waals surface area contributed by atoms with E-state index in [9.17, 15) is 5.11 Å². The van der Waals surface area contributed by atoms with Gasteiger partial charge in [-0.05, 0) is 24.1 Å². The lowest BCUT2D eigenvalue weighted by Crippen LogP contribution is -2.23. The SMILES string of the molecule is COc1cccc(Cc2nc3n(n2)CC(CO)CC3)c1. The Morgan fingerprint density at radius 1 is 1.45 bits per heavy atom. The topological polar surface area (TPSA) is 60.2 Å². The zero-order valence-electron chi connectivity index (χ0n) is 11.6. The van der Waals surface area contributed by atoms with E-state index in [1.807, 2.05) is 22.9 Å². The Morgan fingerprint density at radius 2 is 2.35 bits per heavy atom. The highest BCUT2D eigenvalue weighted by molar-refractivity contribution is 5.30. The molecule has 1 aliphatic rings. The van der Waals surface area contributed by atoms with Gasteiger partial charge in [0.05, 0.1) is 7.11 Å². The Kier molecular flexibility index (Phi) is 3.69. The lowest BCUT2D eigenvalue weighted by molar-refractivity contribution is 0.185. The summed E-state index contributed by atoms with van der Waals surface area (Å²) in [6.07, 6.45) is 2.60. The summed E-state index contributed by atoms with van der Waals surface area (Å²) >= 11 is 0. The molecule has 1 unspecified atom stereocenters. The molecule has 5 nitrogen and oxygen atoms in total. The zero-order valence-corrected chi connectivity index (χ0v) is 11.6. The third-order valence-electron chi connectivity index (χ3n) is 3.75. The Balaban J connectivity index is 1.77. The standard InChI is InChI=1S/C15H19N3O2/c1-20-13-4-2-3-11(7-13)8-14-16-15-6-5-12(10-19)9-18(15)17-14/h2-4,7,12,19H,5-6,8-10H2,1H3. The summed E-state index contributed by atoms with van der Waals surface area (Å²) in [6.45, 7) is 1.00. The van der Waals surface area contributed by atoms with Crippen molar-refractivity contribution in [3.8, 4) is 5.75 Å². The molecule has 1 atom stereocenters. The molecule has 1 N–H and O–H groups in total. The molecule has 106 valence electrons. The zero-order chi connectivity index (χ0) is 13.9. The van der Waals surface area contributed by atoms with Crippen molar-refractivity contribution in [2.24, 2.45) is 5.92 Å². The molecule has 0 bridgehead atoms. The van der Waals surface area contributed by atoms with Crippen molar-refractivity contribution < 1.29 is 9.84 Å². The Morgan fingerprint density at radius 3 is 3.15 bits per heavy atom. The number of aromatic nitrogens is 3. The fourth-order valence-corrected chi connectivity index (χ4v) is 2.62. The van der Waals surface area contributed by atoms with E-state index in [0.29, 0.717) is 12.3 Å². The van der Waals surface area contributed by atoms with Crippen LogP contribution in [0.25, 0.3) is 0 Å². The van der Waals surface area contributed by atoms with Crippen LogP contribution in [0.1, 0.15) is 23.6 Å². The van der Waals surface area contributed by atoms with E-state index in [2.05, 4.69) is 16.1 Å². The van der Waals surface area contributed by atoms with Crippen molar-refractivity contribution in [2.45, 2.75) is 25.8 Å². The number of ether oxygens (including phenoxy) is 1. The molecule has 0 amide bonds. The molecule has 1 aliphatic heterocycles. The molecule has 1 aromatic carbocycles. The van der Waals surface area contributed by atoms with E-state index in [1.54, 1.807) is 7.11 Å². The number of benzene rings is 1. The smallest absolute Gasteiger partial charge is 0.155 e. The first kappa shape index (κ1) is 13.1. The first-order valence-electron chi connectivity index (χ1n) is 6.95. The van der Waals surface area contributed by atoms with Crippen molar-refractivity contribution in [3.05, 3.63) is 41.5 Å². The summed E-state index contributed by atoms with van der Waals surface area (Å²) in [5, 5.41) is 13.8. The Labute approximate surface area is 118 Å². The average molecular weight is 273 g/mol. The summed E-state index contributed by atoms with van der Waals surface area (Å²) in [4.78, 5) is 4.60. The van der Waals surface area contributed by atoms with Crippen LogP contribution in [0.3, 0.4) is 0 Å². The normalized spacial score (nSPS) is 17.8. The third kappa shape index (κ3) is 2.67. The molecule has 2 aromatic rings. The van der Waals surface area contributed by atoms with Crippen LogP contribution >= 0.6 is 0 Å². The van der Waals surface area contributed by atoms with Crippen molar-refractivity contribution in [2.75, 3.05) is 13.7 Å². The van der Waals surface area contributed by atoms with Crippen molar-refractivity contribution in [1.82, 2.24) is 14.8 Å². The van der Waals surface area contributed by atoms with Crippen LogP contribution in [0, 0.1) is 5.92 Å². The molecule has 0 saturated carbocycles. The molecule has 3 rings (SSSR count). The predicted octanol–water partition coefficient (Wildman–Crippen LogP) is 1.43. The molecular weight excluding hydrogens is 254 g/mol. The van der Waals surface area contributed by atoms with Crippen molar-refractivity contribution >= 4 is 0 Å². The van der Waals surface area contributed by atoms with Gasteiger partial charge in [0, 0.05) is 31.9 Å². The quantitative estimate of drug-likeness (QED) is 0.915. The maximum atomic E-state index is 9.24. The molecule has 0 fully saturated rings. The van der Waals surface area contributed by atoms with E-state index in [-0.39, 0.29) is 6.61 Å². The first-order valence-corrected chi connectivity index (χ1v) is 6.95. The van der Waals surface area contributed by atoms with Gasteiger partial charge in [0.1, 0.15) is 11.6 Å². The maximum absolute atomic E-state index is 9.24. The molecule has 0 aliphatic carbocycles. The molecule has 2 heterocycles. The average Bonchev–Trinajstić information content (AvgIpc) is 2.88. The van der Waals surface area contributed by atoms with E-state index in [4.69, 9.17) is 4.74 Å².